The van der Waals surface area contributed by atoms with Gasteiger partial charge in [0.15, 0.2) is 0 Å². The van der Waals surface area contributed by atoms with Crippen LogP contribution in [-0.4, -0.2) is 75.7 Å². The van der Waals surface area contributed by atoms with Crippen LogP contribution >= 0.6 is 0 Å². The molecule has 1 atom stereocenters. The van der Waals surface area contributed by atoms with E-state index in [-0.39, 0.29) is 11.8 Å². The van der Waals surface area contributed by atoms with Gasteiger partial charge in [0, 0.05) is 50.6 Å². The molecule has 224 valence electrons. The molecule has 1 aliphatic rings. The number of piperidine rings is 1. The second-order valence-corrected chi connectivity index (χ2v) is 10.3. The summed E-state index contributed by atoms with van der Waals surface area (Å²) < 4.78 is 17.3. The number of benzene rings is 2. The molecule has 0 bridgehead atoms. The third-order valence-electron chi connectivity index (χ3n) is 7.14. The van der Waals surface area contributed by atoms with Gasteiger partial charge in [-0.05, 0) is 74.9 Å². The molecule has 0 aromatic heterocycles. The number of ether oxygens (including phenoxy) is 3. The van der Waals surface area contributed by atoms with Crippen LogP contribution in [0.1, 0.15) is 66.9 Å². The summed E-state index contributed by atoms with van der Waals surface area (Å²) in [6.07, 6.45) is 6.57. The normalized spacial score (nSPS) is 15.1. The summed E-state index contributed by atoms with van der Waals surface area (Å²) in [5.74, 6) is 0.411. The van der Waals surface area contributed by atoms with E-state index in [1.807, 2.05) is 36.2 Å². The predicted molar refractivity (Wildman–Crippen MR) is 159 cm³/mol. The predicted octanol–water partition coefficient (Wildman–Crippen LogP) is 4.38. The molecule has 1 unspecified atom stereocenters. The molecule has 1 fully saturated rings. The van der Waals surface area contributed by atoms with E-state index in [1.54, 1.807) is 6.07 Å². The van der Waals surface area contributed by atoms with Crippen LogP contribution < -0.4 is 15.4 Å². The maximum Gasteiger partial charge on any atom is 0.243 e. The Morgan fingerprint density at radius 3 is 2.51 bits per heavy atom. The maximum atomic E-state index is 12.3. The number of hydrogen-bond acceptors (Lipinski definition) is 8. The quantitative estimate of drug-likeness (QED) is 0.138. The molecular formula is C32H45N3O6. The topological polar surface area (TPSA) is 106 Å². The van der Waals surface area contributed by atoms with Crippen LogP contribution in [0.3, 0.4) is 0 Å². The van der Waals surface area contributed by atoms with Crippen LogP contribution in [0.4, 0.5) is 5.69 Å². The van der Waals surface area contributed by atoms with Crippen molar-refractivity contribution < 1.29 is 28.6 Å². The summed E-state index contributed by atoms with van der Waals surface area (Å²) in [6.45, 7) is 6.42. The zero-order chi connectivity index (χ0) is 29.3. The van der Waals surface area contributed by atoms with E-state index in [1.165, 1.54) is 5.56 Å². The number of nitrogens with one attached hydrogen (secondary N) is 2. The highest BCUT2D eigenvalue weighted by molar-refractivity contribution is 6.00. The first-order valence-electron chi connectivity index (χ1n) is 14.7. The molecule has 0 spiro atoms. The Bertz CT molecular complexity index is 1110. The molecule has 9 heteroatoms. The molecule has 2 aromatic rings. The van der Waals surface area contributed by atoms with Crippen LogP contribution in [0.15, 0.2) is 42.5 Å². The number of anilines is 1. The van der Waals surface area contributed by atoms with Crippen molar-refractivity contribution in [2.75, 3.05) is 51.9 Å². The minimum Gasteiger partial charge on any atom is -0.494 e. The number of aldehydes is 1. The fourth-order valence-corrected chi connectivity index (χ4v) is 4.77. The molecule has 0 radical (unpaired) electrons. The van der Waals surface area contributed by atoms with Crippen LogP contribution in [0, 0.1) is 0 Å². The van der Waals surface area contributed by atoms with Crippen LogP contribution in [-0.2, 0) is 32.0 Å². The SMILES string of the molecule is CCc1cccc(OCCCCCOCCCOCCNc2cccc(C=O)c2CN(C)C2CCC(=O)NC2=O)c1. The largest absolute Gasteiger partial charge is 0.494 e. The van der Waals surface area contributed by atoms with E-state index in [4.69, 9.17) is 14.2 Å². The zero-order valence-corrected chi connectivity index (χ0v) is 24.5. The van der Waals surface area contributed by atoms with Crippen LogP contribution in [0.25, 0.3) is 0 Å². The highest BCUT2D eigenvalue weighted by Crippen LogP contribution is 2.23. The number of likely N-dealkylation sites (N-methyl/N-ethyl adjacent to an activating group) is 1. The summed E-state index contributed by atoms with van der Waals surface area (Å²) >= 11 is 0. The van der Waals surface area contributed by atoms with Gasteiger partial charge in [-0.25, -0.2) is 0 Å². The smallest absolute Gasteiger partial charge is 0.243 e. The van der Waals surface area contributed by atoms with Crippen molar-refractivity contribution in [3.05, 3.63) is 59.2 Å². The lowest BCUT2D eigenvalue weighted by molar-refractivity contribution is -0.137. The Morgan fingerprint density at radius 2 is 1.73 bits per heavy atom. The van der Waals surface area contributed by atoms with Gasteiger partial charge in [-0.15, -0.1) is 0 Å². The van der Waals surface area contributed by atoms with Crippen molar-refractivity contribution in [1.29, 1.82) is 0 Å². The Labute approximate surface area is 243 Å². The van der Waals surface area contributed by atoms with Crippen molar-refractivity contribution in [3.8, 4) is 5.75 Å². The molecule has 1 aliphatic heterocycles. The average molecular weight is 568 g/mol. The van der Waals surface area contributed by atoms with Gasteiger partial charge >= 0.3 is 0 Å². The Hall–Kier alpha value is -3.27. The number of carbonyl (C=O) groups is 3. The summed E-state index contributed by atoms with van der Waals surface area (Å²) in [4.78, 5) is 37.3. The zero-order valence-electron chi connectivity index (χ0n) is 24.5. The highest BCUT2D eigenvalue weighted by atomic mass is 16.5. The van der Waals surface area contributed by atoms with Gasteiger partial charge in [-0.1, -0.05) is 31.2 Å². The summed E-state index contributed by atoms with van der Waals surface area (Å²) in [5, 5.41) is 5.75. The number of rotatable bonds is 20. The summed E-state index contributed by atoms with van der Waals surface area (Å²) in [6, 6.07) is 13.4. The summed E-state index contributed by atoms with van der Waals surface area (Å²) in [5.41, 5.74) is 3.52. The van der Waals surface area contributed by atoms with Gasteiger partial charge in [0.25, 0.3) is 0 Å². The lowest BCUT2D eigenvalue weighted by Gasteiger charge is -2.30. The first kappa shape index (κ1) is 32.2. The van der Waals surface area contributed by atoms with Gasteiger partial charge in [-0.3, -0.25) is 24.6 Å². The second kappa shape index (κ2) is 18.2. The lowest BCUT2D eigenvalue weighted by atomic mass is 10.0. The number of unbranched alkanes of at least 4 members (excludes halogenated alkanes) is 2. The van der Waals surface area contributed by atoms with Crippen molar-refractivity contribution in [2.45, 2.75) is 64.5 Å². The molecule has 9 nitrogen and oxygen atoms in total. The molecule has 0 saturated carbocycles. The van der Waals surface area contributed by atoms with Gasteiger partial charge in [0.1, 0.15) is 12.0 Å². The summed E-state index contributed by atoms with van der Waals surface area (Å²) in [7, 11) is 1.83. The molecule has 2 amide bonds. The Kier molecular flexibility index (Phi) is 14.3. The minimum absolute atomic E-state index is 0.243. The third kappa shape index (κ3) is 11.3. The van der Waals surface area contributed by atoms with Crippen molar-refractivity contribution >= 4 is 23.8 Å². The fraction of sp³-hybridized carbons (Fsp3) is 0.531. The van der Waals surface area contributed by atoms with Crippen LogP contribution in [0.2, 0.25) is 0 Å². The van der Waals surface area contributed by atoms with Gasteiger partial charge in [0.2, 0.25) is 11.8 Å². The molecule has 1 saturated heterocycles. The number of amides is 2. The monoisotopic (exact) mass is 567 g/mol. The number of imide groups is 1. The number of carbonyl (C=O) groups excluding carboxylic acids is 3. The van der Waals surface area contributed by atoms with E-state index in [0.29, 0.717) is 51.3 Å². The standard InChI is InChI=1S/C32H45N3O6/c1-3-25-10-7-12-27(22-25)41-20-6-4-5-17-39-18-9-19-40-21-16-33-29-13-8-11-26(24-36)28(29)23-35(2)30-14-15-31(37)34-32(30)38/h7-8,10-13,22,24,30,33H,3-6,9,14-21,23H2,1-2H3,(H,34,37,38). The van der Waals surface area contributed by atoms with E-state index in [0.717, 1.165) is 68.6 Å². The minimum atomic E-state index is -0.409. The van der Waals surface area contributed by atoms with E-state index in [9.17, 15) is 14.4 Å². The molecule has 2 N–H and O–H groups in total. The van der Waals surface area contributed by atoms with Crippen molar-refractivity contribution in [2.24, 2.45) is 0 Å². The first-order valence-corrected chi connectivity index (χ1v) is 14.7. The fourth-order valence-electron chi connectivity index (χ4n) is 4.77. The van der Waals surface area contributed by atoms with Gasteiger partial charge in [-0.2, -0.15) is 0 Å². The number of aryl methyl sites for hydroxylation is 1. The van der Waals surface area contributed by atoms with E-state index < -0.39 is 6.04 Å². The van der Waals surface area contributed by atoms with Crippen molar-refractivity contribution in [1.82, 2.24) is 10.2 Å². The highest BCUT2D eigenvalue weighted by Gasteiger charge is 2.30. The van der Waals surface area contributed by atoms with E-state index >= 15 is 0 Å². The molecule has 2 aromatic carbocycles. The number of nitrogens with zero attached hydrogens (tertiary/aromatic N) is 1. The lowest BCUT2D eigenvalue weighted by Crippen LogP contribution is -2.51. The molecular weight excluding hydrogens is 522 g/mol. The Morgan fingerprint density at radius 1 is 0.976 bits per heavy atom. The average Bonchev–Trinajstić information content (AvgIpc) is 2.97. The second-order valence-electron chi connectivity index (χ2n) is 10.3. The molecule has 41 heavy (non-hydrogen) atoms. The maximum absolute atomic E-state index is 12.3. The van der Waals surface area contributed by atoms with Crippen molar-refractivity contribution in [3.63, 3.8) is 0 Å². The molecule has 3 rings (SSSR count). The number of hydrogen-bond donors (Lipinski definition) is 2. The van der Waals surface area contributed by atoms with E-state index in [2.05, 4.69) is 29.7 Å². The molecule has 0 aliphatic carbocycles. The third-order valence-corrected chi connectivity index (χ3v) is 7.14. The first-order chi connectivity index (χ1) is 20.0. The van der Waals surface area contributed by atoms with Crippen LogP contribution in [0.5, 0.6) is 5.75 Å². The Balaban J connectivity index is 1.24. The van der Waals surface area contributed by atoms with Gasteiger partial charge in [0.05, 0.1) is 19.3 Å². The molecule has 1 heterocycles. The van der Waals surface area contributed by atoms with Gasteiger partial charge < -0.3 is 19.5 Å².